The van der Waals surface area contributed by atoms with Crippen molar-refractivity contribution in [1.82, 2.24) is 4.98 Å². The predicted octanol–water partition coefficient (Wildman–Crippen LogP) is 0.419. The van der Waals surface area contributed by atoms with Crippen LogP contribution in [0.25, 0.3) is 0 Å². The van der Waals surface area contributed by atoms with Crippen LogP contribution in [0.2, 0.25) is 0 Å². The van der Waals surface area contributed by atoms with Crippen molar-refractivity contribution in [3.05, 3.63) is 42.2 Å². The number of nitrogens with zero attached hydrogens (tertiary/aromatic N) is 1. The van der Waals surface area contributed by atoms with Crippen LogP contribution < -0.4 is 0 Å². The van der Waals surface area contributed by atoms with Crippen molar-refractivity contribution >= 4 is 17.9 Å². The van der Waals surface area contributed by atoms with Gasteiger partial charge in [-0.05, 0) is 19.1 Å². The van der Waals surface area contributed by atoms with E-state index in [1.54, 1.807) is 25.3 Å². The van der Waals surface area contributed by atoms with Crippen molar-refractivity contribution in [1.29, 1.82) is 0 Å². The number of esters is 3. The summed E-state index contributed by atoms with van der Waals surface area (Å²) in [5.74, 6) is -1.90. The first-order valence-corrected chi connectivity index (χ1v) is 7.36. The van der Waals surface area contributed by atoms with E-state index in [0.717, 1.165) is 12.2 Å². The van der Waals surface area contributed by atoms with Gasteiger partial charge in [-0.25, -0.2) is 14.4 Å². The number of hydrogen-bond acceptors (Lipinski definition) is 8. The van der Waals surface area contributed by atoms with Crippen molar-refractivity contribution < 1.29 is 33.3 Å². The van der Waals surface area contributed by atoms with E-state index >= 15 is 0 Å². The van der Waals surface area contributed by atoms with Gasteiger partial charge in [0.15, 0.2) is 12.2 Å². The van der Waals surface area contributed by atoms with Gasteiger partial charge in [0.1, 0.15) is 12.7 Å². The van der Waals surface area contributed by atoms with Gasteiger partial charge in [0.05, 0.1) is 11.7 Å². The van der Waals surface area contributed by atoms with Crippen LogP contribution in [0.15, 0.2) is 36.7 Å². The van der Waals surface area contributed by atoms with Crippen molar-refractivity contribution in [2.45, 2.75) is 31.3 Å². The Hall–Kier alpha value is -2.74. The van der Waals surface area contributed by atoms with Crippen molar-refractivity contribution in [3.63, 3.8) is 0 Å². The molecule has 8 nitrogen and oxygen atoms in total. The molecule has 1 aromatic heterocycles. The van der Waals surface area contributed by atoms with Crippen molar-refractivity contribution in [3.8, 4) is 0 Å². The van der Waals surface area contributed by atoms with E-state index < -0.39 is 42.3 Å². The molecule has 0 saturated carbocycles. The van der Waals surface area contributed by atoms with E-state index in [4.69, 9.17) is 18.9 Å². The Labute approximate surface area is 137 Å². The number of carbonyl (C=O) groups is 3. The maximum Gasteiger partial charge on any atom is 0.339 e. The first-order valence-electron chi connectivity index (χ1n) is 7.36. The number of hydrogen-bond donors (Lipinski definition) is 0. The van der Waals surface area contributed by atoms with Gasteiger partial charge < -0.3 is 18.9 Å². The molecule has 0 aliphatic carbocycles. The molecule has 0 aromatic carbocycles. The first-order chi connectivity index (χ1) is 11.5. The molecule has 0 N–H and O–H groups in total. The summed E-state index contributed by atoms with van der Waals surface area (Å²) in [6.07, 6.45) is 2.08. The molecule has 2 aliphatic heterocycles. The second kappa shape index (κ2) is 6.79. The molecule has 3 rings (SSSR count). The van der Waals surface area contributed by atoms with Crippen molar-refractivity contribution in [2.75, 3.05) is 6.61 Å². The summed E-state index contributed by atoms with van der Waals surface area (Å²) >= 11 is 0. The lowest BCUT2D eigenvalue weighted by Crippen LogP contribution is -2.42. The fourth-order valence-corrected chi connectivity index (χ4v) is 2.56. The van der Waals surface area contributed by atoms with Crippen LogP contribution in [0.5, 0.6) is 0 Å². The van der Waals surface area contributed by atoms with Crippen LogP contribution in [0, 0.1) is 0 Å². The molecule has 126 valence electrons. The van der Waals surface area contributed by atoms with Crippen LogP contribution in [0.4, 0.5) is 0 Å². The van der Waals surface area contributed by atoms with Crippen molar-refractivity contribution in [2.24, 2.45) is 0 Å². The predicted molar refractivity (Wildman–Crippen MR) is 77.8 cm³/mol. The summed E-state index contributed by atoms with van der Waals surface area (Å²) in [6, 6.07) is 3.18. The van der Waals surface area contributed by atoms with Crippen LogP contribution in [0.1, 0.15) is 17.3 Å². The minimum atomic E-state index is -0.844. The molecule has 0 bridgehead atoms. The highest BCUT2D eigenvalue weighted by molar-refractivity contribution is 5.92. The lowest BCUT2D eigenvalue weighted by molar-refractivity contribution is -0.162. The standard InChI is InChI=1S/C16H15NO7/c1-9-14-15(24-13(19)5-4-12(18)23-14)11(22-9)8-21-16(20)10-3-2-6-17-7-10/h2-7,9,11,14-15H,8H2,1H3/b5-4-/t9-,11+,14+,15?/m0/s1. The fourth-order valence-electron chi connectivity index (χ4n) is 2.56. The van der Waals surface area contributed by atoms with Crippen LogP contribution >= 0.6 is 0 Å². The summed E-state index contributed by atoms with van der Waals surface area (Å²) < 4.78 is 21.3. The number of rotatable bonds is 3. The second-order valence-corrected chi connectivity index (χ2v) is 5.36. The summed E-state index contributed by atoms with van der Waals surface area (Å²) in [7, 11) is 0. The molecule has 1 fully saturated rings. The third-order valence-electron chi connectivity index (χ3n) is 3.68. The van der Waals surface area contributed by atoms with E-state index in [-0.39, 0.29) is 6.61 Å². The molecule has 8 heteroatoms. The topological polar surface area (TPSA) is 101 Å². The van der Waals surface area contributed by atoms with E-state index in [0.29, 0.717) is 5.56 Å². The quantitative estimate of drug-likeness (QED) is 0.579. The van der Waals surface area contributed by atoms with E-state index in [2.05, 4.69) is 4.98 Å². The average molecular weight is 333 g/mol. The molecule has 24 heavy (non-hydrogen) atoms. The highest BCUT2D eigenvalue weighted by Crippen LogP contribution is 2.28. The van der Waals surface area contributed by atoms with Gasteiger partial charge in [0.25, 0.3) is 0 Å². The Kier molecular flexibility index (Phi) is 4.57. The Morgan fingerprint density at radius 3 is 2.58 bits per heavy atom. The molecule has 0 spiro atoms. The molecule has 0 radical (unpaired) electrons. The average Bonchev–Trinajstić information content (AvgIpc) is 2.85. The zero-order valence-corrected chi connectivity index (χ0v) is 12.8. The number of aromatic nitrogens is 1. The monoisotopic (exact) mass is 333 g/mol. The number of carbonyl (C=O) groups excluding carboxylic acids is 3. The Balaban J connectivity index is 1.67. The van der Waals surface area contributed by atoms with Gasteiger partial charge in [-0.3, -0.25) is 4.98 Å². The molecule has 0 amide bonds. The molecule has 1 saturated heterocycles. The van der Waals surface area contributed by atoms with Gasteiger partial charge in [-0.2, -0.15) is 0 Å². The normalized spacial score (nSPS) is 30.4. The Morgan fingerprint density at radius 2 is 1.92 bits per heavy atom. The molecule has 2 aliphatic rings. The molecule has 3 heterocycles. The minimum absolute atomic E-state index is 0.145. The first kappa shape index (κ1) is 16.1. The van der Waals surface area contributed by atoms with Gasteiger partial charge in [0, 0.05) is 24.5 Å². The SMILES string of the molecule is C[C@@H]1O[C@H](COC(=O)c2cccnc2)C2OC(=O)/C=C\C(=O)O[C@@H]21. The zero-order valence-electron chi connectivity index (χ0n) is 12.8. The third-order valence-corrected chi connectivity index (χ3v) is 3.68. The third kappa shape index (κ3) is 3.43. The van der Waals surface area contributed by atoms with E-state index in [9.17, 15) is 14.4 Å². The van der Waals surface area contributed by atoms with Gasteiger partial charge in [-0.1, -0.05) is 0 Å². The lowest BCUT2D eigenvalue weighted by Gasteiger charge is -2.24. The largest absolute Gasteiger partial charge is 0.459 e. The van der Waals surface area contributed by atoms with Crippen LogP contribution in [0.3, 0.4) is 0 Å². The second-order valence-electron chi connectivity index (χ2n) is 5.36. The van der Waals surface area contributed by atoms with Crippen LogP contribution in [-0.2, 0) is 28.5 Å². The minimum Gasteiger partial charge on any atom is -0.459 e. The zero-order chi connectivity index (χ0) is 17.1. The van der Waals surface area contributed by atoms with E-state index in [1.807, 2.05) is 0 Å². The van der Waals surface area contributed by atoms with E-state index in [1.165, 1.54) is 6.20 Å². The lowest BCUT2D eigenvalue weighted by atomic mass is 10.1. The highest BCUT2D eigenvalue weighted by Gasteiger charge is 2.48. The molecule has 1 unspecified atom stereocenters. The Morgan fingerprint density at radius 1 is 1.21 bits per heavy atom. The maximum atomic E-state index is 12.0. The molecule has 4 atom stereocenters. The molecule has 1 aromatic rings. The number of ether oxygens (including phenoxy) is 4. The van der Waals surface area contributed by atoms with Gasteiger partial charge in [0.2, 0.25) is 0 Å². The molecular weight excluding hydrogens is 318 g/mol. The summed E-state index contributed by atoms with van der Waals surface area (Å²) in [5, 5.41) is 0. The maximum absolute atomic E-state index is 12.0. The smallest absolute Gasteiger partial charge is 0.339 e. The van der Waals surface area contributed by atoms with Crippen LogP contribution in [-0.4, -0.2) is 53.9 Å². The number of pyridine rings is 1. The number of fused-ring (bicyclic) bond motifs is 1. The summed E-state index contributed by atoms with van der Waals surface area (Å²) in [4.78, 5) is 39.0. The highest BCUT2D eigenvalue weighted by atomic mass is 16.6. The summed E-state index contributed by atoms with van der Waals surface area (Å²) in [6.45, 7) is 1.54. The fraction of sp³-hybridized carbons (Fsp3) is 0.375. The van der Waals surface area contributed by atoms with Gasteiger partial charge >= 0.3 is 17.9 Å². The van der Waals surface area contributed by atoms with Gasteiger partial charge in [-0.15, -0.1) is 0 Å². The Bertz CT molecular complexity index is 672. The molecular formula is C16H15NO7. The summed E-state index contributed by atoms with van der Waals surface area (Å²) in [5.41, 5.74) is 0.295.